The third kappa shape index (κ3) is 3.70. The van der Waals surface area contributed by atoms with Crippen LogP contribution in [0.4, 0.5) is 10.5 Å². The topological polar surface area (TPSA) is 108 Å². The van der Waals surface area contributed by atoms with E-state index >= 15 is 0 Å². The van der Waals surface area contributed by atoms with Gasteiger partial charge in [0, 0.05) is 12.7 Å². The molecule has 1 atom stereocenters. The number of carbonyl (C=O) groups is 2. The molecule has 1 aliphatic heterocycles. The number of aromatic nitrogens is 2. The van der Waals surface area contributed by atoms with Crippen LogP contribution in [0.1, 0.15) is 19.8 Å². The first-order valence-electron chi connectivity index (χ1n) is 6.38. The van der Waals surface area contributed by atoms with E-state index in [0.717, 1.165) is 6.42 Å². The molecule has 8 heteroatoms. The normalized spacial score (nSPS) is 22.6. The number of hydrogen-bond acceptors (Lipinski definition) is 4. The zero-order valence-electron chi connectivity index (χ0n) is 11.2. The summed E-state index contributed by atoms with van der Waals surface area (Å²) in [6.45, 7) is 2.32. The van der Waals surface area contributed by atoms with Crippen molar-refractivity contribution in [2.75, 3.05) is 18.4 Å². The largest absolute Gasteiger partial charge is 0.480 e. The Labute approximate surface area is 116 Å². The molecule has 0 spiro atoms. The van der Waals surface area contributed by atoms with Crippen molar-refractivity contribution < 1.29 is 19.8 Å². The molecule has 3 N–H and O–H groups in total. The molecular weight excluding hydrogens is 264 g/mol. The number of anilines is 1. The van der Waals surface area contributed by atoms with E-state index in [1.54, 1.807) is 6.92 Å². The third-order valence-corrected chi connectivity index (χ3v) is 3.14. The zero-order chi connectivity index (χ0) is 14.8. The van der Waals surface area contributed by atoms with Gasteiger partial charge in [-0.2, -0.15) is 5.10 Å². The highest BCUT2D eigenvalue weighted by Crippen LogP contribution is 2.20. The number of likely N-dealkylation sites (tertiary alicyclic amines) is 1. The van der Waals surface area contributed by atoms with E-state index in [-0.39, 0.29) is 19.1 Å². The van der Waals surface area contributed by atoms with Gasteiger partial charge in [-0.3, -0.25) is 9.48 Å². The number of aliphatic carboxylic acids is 1. The van der Waals surface area contributed by atoms with E-state index in [1.165, 1.54) is 22.0 Å². The molecule has 2 rings (SSSR count). The number of piperidine rings is 1. The Balaban J connectivity index is 1.94. The number of nitrogens with zero attached hydrogens (tertiary/aromatic N) is 3. The van der Waals surface area contributed by atoms with Gasteiger partial charge in [0.05, 0.1) is 24.0 Å². The smallest absolute Gasteiger partial charge is 0.325 e. The van der Waals surface area contributed by atoms with Crippen molar-refractivity contribution in [1.82, 2.24) is 14.7 Å². The van der Waals surface area contributed by atoms with Crippen LogP contribution in [0.2, 0.25) is 0 Å². The molecule has 2 heterocycles. The monoisotopic (exact) mass is 282 g/mol. The van der Waals surface area contributed by atoms with Crippen LogP contribution in [-0.2, 0) is 11.3 Å². The highest BCUT2D eigenvalue weighted by atomic mass is 16.4. The van der Waals surface area contributed by atoms with E-state index in [1.807, 2.05) is 0 Å². The van der Waals surface area contributed by atoms with Crippen LogP contribution in [0, 0.1) is 0 Å². The summed E-state index contributed by atoms with van der Waals surface area (Å²) in [5, 5.41) is 25.1. The van der Waals surface area contributed by atoms with E-state index in [9.17, 15) is 14.7 Å². The zero-order valence-corrected chi connectivity index (χ0v) is 11.2. The minimum absolute atomic E-state index is 0.256. The highest BCUT2D eigenvalue weighted by Gasteiger charge is 2.30. The molecule has 110 valence electrons. The average molecular weight is 282 g/mol. The number of amides is 2. The second-order valence-corrected chi connectivity index (χ2v) is 5.27. The van der Waals surface area contributed by atoms with Gasteiger partial charge in [0.25, 0.3) is 0 Å². The molecule has 0 radical (unpaired) electrons. The van der Waals surface area contributed by atoms with Gasteiger partial charge >= 0.3 is 12.0 Å². The summed E-state index contributed by atoms with van der Waals surface area (Å²) in [5.74, 6) is -1.00. The Morgan fingerprint density at radius 2 is 2.30 bits per heavy atom. The Morgan fingerprint density at radius 1 is 1.55 bits per heavy atom. The molecular formula is C12H18N4O4. The van der Waals surface area contributed by atoms with Crippen LogP contribution in [0.3, 0.4) is 0 Å². The fraction of sp³-hybridized carbons (Fsp3) is 0.583. The molecule has 0 aliphatic carbocycles. The number of β-amino-alcohol motifs (C(OH)–C–C–N with tert-alkyl or cyclic N) is 1. The number of rotatable bonds is 3. The van der Waals surface area contributed by atoms with Crippen molar-refractivity contribution in [3.05, 3.63) is 12.4 Å². The number of nitrogens with one attached hydrogen (secondary N) is 1. The van der Waals surface area contributed by atoms with Gasteiger partial charge in [-0.15, -0.1) is 0 Å². The maximum atomic E-state index is 12.0. The van der Waals surface area contributed by atoms with Gasteiger partial charge in [-0.1, -0.05) is 0 Å². The van der Waals surface area contributed by atoms with Crippen LogP contribution < -0.4 is 5.32 Å². The first-order valence-corrected chi connectivity index (χ1v) is 6.38. The Bertz CT molecular complexity index is 511. The molecule has 1 saturated heterocycles. The van der Waals surface area contributed by atoms with Crippen molar-refractivity contribution in [1.29, 1.82) is 0 Å². The molecule has 1 fully saturated rings. The van der Waals surface area contributed by atoms with Gasteiger partial charge in [0.2, 0.25) is 0 Å². The maximum Gasteiger partial charge on any atom is 0.325 e. The van der Waals surface area contributed by atoms with Crippen molar-refractivity contribution in [3.8, 4) is 0 Å². The third-order valence-electron chi connectivity index (χ3n) is 3.14. The van der Waals surface area contributed by atoms with Gasteiger partial charge in [0.15, 0.2) is 0 Å². The van der Waals surface area contributed by atoms with E-state index in [2.05, 4.69) is 10.4 Å². The lowest BCUT2D eigenvalue weighted by Gasteiger charge is -2.36. The first kappa shape index (κ1) is 14.3. The summed E-state index contributed by atoms with van der Waals surface area (Å²) in [4.78, 5) is 24.1. The SMILES string of the molecule is CC1(O)CCCN(C(=O)Nc2cnn(CC(=O)O)c2)C1. The Hall–Kier alpha value is -2.09. The number of aliphatic hydroxyl groups is 1. The molecule has 0 aromatic carbocycles. The van der Waals surface area contributed by atoms with E-state index < -0.39 is 11.6 Å². The molecule has 20 heavy (non-hydrogen) atoms. The van der Waals surface area contributed by atoms with Crippen LogP contribution in [-0.4, -0.2) is 55.6 Å². The van der Waals surface area contributed by atoms with E-state index in [4.69, 9.17) is 5.11 Å². The fourth-order valence-electron chi connectivity index (χ4n) is 2.25. The number of carboxylic acid groups (broad SMARTS) is 1. The second-order valence-electron chi connectivity index (χ2n) is 5.27. The van der Waals surface area contributed by atoms with Crippen LogP contribution in [0.5, 0.6) is 0 Å². The quantitative estimate of drug-likeness (QED) is 0.741. The number of carboxylic acids is 1. The lowest BCUT2D eigenvalue weighted by molar-refractivity contribution is -0.137. The van der Waals surface area contributed by atoms with Crippen LogP contribution >= 0.6 is 0 Å². The van der Waals surface area contributed by atoms with Crippen molar-refractivity contribution in [2.24, 2.45) is 0 Å². The van der Waals surface area contributed by atoms with Gasteiger partial charge in [-0.05, 0) is 19.8 Å². The molecule has 0 saturated carbocycles. The number of carbonyl (C=O) groups excluding carboxylic acids is 1. The molecule has 1 aromatic heterocycles. The molecule has 2 amide bonds. The minimum atomic E-state index is -1.00. The van der Waals surface area contributed by atoms with Crippen LogP contribution in [0.15, 0.2) is 12.4 Å². The lowest BCUT2D eigenvalue weighted by atomic mass is 9.95. The maximum absolute atomic E-state index is 12.0. The molecule has 0 bridgehead atoms. The summed E-state index contributed by atoms with van der Waals surface area (Å²) in [7, 11) is 0. The predicted octanol–water partition coefficient (Wildman–Crippen LogP) is 0.346. The number of hydrogen-bond donors (Lipinski definition) is 3. The van der Waals surface area contributed by atoms with Gasteiger partial charge in [0.1, 0.15) is 6.54 Å². The first-order chi connectivity index (χ1) is 9.35. The minimum Gasteiger partial charge on any atom is -0.480 e. The standard InChI is InChI=1S/C12H18N4O4/c1-12(20)3-2-4-15(8-12)11(19)14-9-5-13-16(6-9)7-10(17)18/h5-6,20H,2-4,7-8H2,1H3,(H,14,19)(H,17,18). The van der Waals surface area contributed by atoms with Crippen molar-refractivity contribution in [2.45, 2.75) is 31.9 Å². The summed E-state index contributed by atoms with van der Waals surface area (Å²) >= 11 is 0. The van der Waals surface area contributed by atoms with Crippen LogP contribution in [0.25, 0.3) is 0 Å². The Morgan fingerprint density at radius 3 is 2.95 bits per heavy atom. The fourth-order valence-corrected chi connectivity index (χ4v) is 2.25. The lowest BCUT2D eigenvalue weighted by Crippen LogP contribution is -2.49. The summed E-state index contributed by atoms with van der Waals surface area (Å²) in [6.07, 6.45) is 4.27. The average Bonchev–Trinajstić information content (AvgIpc) is 2.74. The summed E-state index contributed by atoms with van der Waals surface area (Å²) < 4.78 is 1.23. The Kier molecular flexibility index (Phi) is 3.93. The second kappa shape index (κ2) is 5.49. The molecule has 1 unspecified atom stereocenters. The van der Waals surface area contributed by atoms with E-state index in [0.29, 0.717) is 18.7 Å². The summed E-state index contributed by atoms with van der Waals surface area (Å²) in [6, 6.07) is -0.320. The number of urea groups is 1. The predicted molar refractivity (Wildman–Crippen MR) is 70.3 cm³/mol. The molecule has 1 aromatic rings. The van der Waals surface area contributed by atoms with Gasteiger partial charge in [-0.25, -0.2) is 4.79 Å². The summed E-state index contributed by atoms with van der Waals surface area (Å²) in [5.41, 5.74) is -0.426. The van der Waals surface area contributed by atoms with Gasteiger partial charge < -0.3 is 20.4 Å². The van der Waals surface area contributed by atoms with Crippen molar-refractivity contribution in [3.63, 3.8) is 0 Å². The molecule has 1 aliphatic rings. The highest BCUT2D eigenvalue weighted by molar-refractivity contribution is 5.89. The molecule has 8 nitrogen and oxygen atoms in total. The van der Waals surface area contributed by atoms with Crippen molar-refractivity contribution >= 4 is 17.7 Å².